The van der Waals surface area contributed by atoms with Crippen molar-refractivity contribution in [2.45, 2.75) is 38.9 Å². The van der Waals surface area contributed by atoms with E-state index in [-0.39, 0.29) is 10.8 Å². The van der Waals surface area contributed by atoms with E-state index in [2.05, 4.69) is 58.0 Å². The molecule has 0 aliphatic carbocycles. The first-order valence-electron chi connectivity index (χ1n) is 4.25. The number of hydrogen-bond donors (Lipinski definition) is 0. The van der Waals surface area contributed by atoms with Crippen molar-refractivity contribution >= 4 is 51.4 Å². The van der Waals surface area contributed by atoms with Crippen molar-refractivity contribution < 1.29 is 4.43 Å². The molecule has 0 aliphatic heterocycles. The highest BCUT2D eigenvalue weighted by atomic mass is 128. The standard InChI is InChI=1S/C9H15N2OSi.I2/c1-9(2,3)13(4,5)12-8(6-10)7-11;1-2/h1-5H3;/q-1;. The lowest BCUT2D eigenvalue weighted by Crippen LogP contribution is -2.40. The van der Waals surface area contributed by atoms with Gasteiger partial charge in [0.1, 0.15) is 6.07 Å². The second kappa shape index (κ2) is 7.65. The molecule has 0 rings (SSSR count). The molecule has 0 aromatic carbocycles. The highest BCUT2D eigenvalue weighted by Gasteiger charge is 2.39. The summed E-state index contributed by atoms with van der Waals surface area (Å²) in [6.07, 6.45) is 0. The van der Waals surface area contributed by atoms with Gasteiger partial charge in [-0.15, -0.1) is 0 Å². The monoisotopic (exact) mass is 449 g/mol. The van der Waals surface area contributed by atoms with Crippen LogP contribution in [0, 0.1) is 11.3 Å². The van der Waals surface area contributed by atoms with Crippen LogP contribution in [0.25, 0.3) is 5.41 Å². The average molecular weight is 449 g/mol. The molecule has 0 bridgehead atoms. The lowest BCUT2D eigenvalue weighted by atomic mass is 10.2. The number of hydrogen-bond acceptors (Lipinski definition) is 2. The highest BCUT2D eigenvalue weighted by molar-refractivity contribution is 15.0. The molecule has 0 aromatic rings. The minimum Gasteiger partial charge on any atom is -0.760 e. The number of allylic oxidation sites excluding steroid dienone is 1. The van der Waals surface area contributed by atoms with Crippen molar-refractivity contribution in [1.82, 2.24) is 0 Å². The molecule has 0 radical (unpaired) electrons. The van der Waals surface area contributed by atoms with E-state index in [0.717, 1.165) is 0 Å². The molecule has 0 N–H and O–H groups in total. The third kappa shape index (κ3) is 6.55. The first kappa shape index (κ1) is 17.8. The minimum atomic E-state index is -1.99. The normalized spacial score (nSPS) is 10.3. The zero-order valence-corrected chi connectivity index (χ0v) is 14.9. The van der Waals surface area contributed by atoms with Gasteiger partial charge in [0, 0.05) is 37.2 Å². The van der Waals surface area contributed by atoms with Crippen LogP contribution >= 0.6 is 37.2 Å². The van der Waals surface area contributed by atoms with Gasteiger partial charge in [-0.1, -0.05) is 20.8 Å². The van der Waals surface area contributed by atoms with Gasteiger partial charge in [-0.2, -0.15) is 5.26 Å². The summed E-state index contributed by atoms with van der Waals surface area (Å²) in [6.45, 7) is 10.2. The minimum absolute atomic E-state index is 0.0198. The SMILES string of the molecule is CC(C)(C)[Si](C)(C)OC(=C=[N-])C#N.II. The summed E-state index contributed by atoms with van der Waals surface area (Å²) in [6, 6.07) is 1.75. The predicted octanol–water partition coefficient (Wildman–Crippen LogP) is 4.43. The number of rotatable bonds is 2. The average Bonchev–Trinajstić information content (AvgIpc) is 2.15. The van der Waals surface area contributed by atoms with Crippen LogP contribution < -0.4 is 0 Å². The number of halogens is 2. The van der Waals surface area contributed by atoms with Crippen molar-refractivity contribution in [3.8, 4) is 6.07 Å². The van der Waals surface area contributed by atoms with Crippen LogP contribution in [0.4, 0.5) is 0 Å². The van der Waals surface area contributed by atoms with Crippen molar-refractivity contribution in [1.29, 1.82) is 5.26 Å². The lowest BCUT2D eigenvalue weighted by Gasteiger charge is -2.35. The van der Waals surface area contributed by atoms with Gasteiger partial charge in [-0.25, -0.2) is 5.87 Å². The quantitative estimate of drug-likeness (QED) is 0.206. The van der Waals surface area contributed by atoms with Gasteiger partial charge in [0.2, 0.25) is 5.76 Å². The fourth-order valence-corrected chi connectivity index (χ4v) is 1.39. The Morgan fingerprint density at radius 2 is 1.73 bits per heavy atom. The molecule has 15 heavy (non-hydrogen) atoms. The van der Waals surface area contributed by atoms with Gasteiger partial charge in [-0.3, -0.25) is 0 Å². The first-order chi connectivity index (χ1) is 6.74. The lowest BCUT2D eigenvalue weighted by molar-refractivity contribution is 0.409. The van der Waals surface area contributed by atoms with E-state index in [1.807, 2.05) is 13.1 Å². The summed E-state index contributed by atoms with van der Waals surface area (Å²) in [5.74, 6) is 1.63. The third-order valence-corrected chi connectivity index (χ3v) is 6.69. The summed E-state index contributed by atoms with van der Waals surface area (Å²) >= 11 is 4.24. The summed E-state index contributed by atoms with van der Waals surface area (Å²) in [5, 5.41) is 17.1. The maximum atomic E-state index is 8.54. The molecule has 3 nitrogen and oxygen atoms in total. The summed E-state index contributed by atoms with van der Waals surface area (Å²) in [5.41, 5.74) is 0. The Morgan fingerprint density at radius 1 is 1.33 bits per heavy atom. The zero-order valence-electron chi connectivity index (χ0n) is 9.56. The van der Waals surface area contributed by atoms with Crippen LogP contribution in [0.2, 0.25) is 18.1 Å². The van der Waals surface area contributed by atoms with E-state index < -0.39 is 8.32 Å². The Balaban J connectivity index is 0. The summed E-state index contributed by atoms with van der Waals surface area (Å²) < 4.78 is 5.43. The number of nitriles is 1. The maximum absolute atomic E-state index is 8.54. The Kier molecular flexibility index (Phi) is 9.08. The molecular formula is C9H15I2N2OSi-. The predicted molar refractivity (Wildman–Crippen MR) is 83.8 cm³/mol. The van der Waals surface area contributed by atoms with E-state index in [9.17, 15) is 0 Å². The molecule has 0 atom stereocenters. The van der Waals surface area contributed by atoms with E-state index in [4.69, 9.17) is 15.1 Å². The van der Waals surface area contributed by atoms with Crippen LogP contribution in [-0.2, 0) is 4.43 Å². The Hall–Kier alpha value is 0.417. The topological polar surface area (TPSA) is 55.3 Å². The fraction of sp³-hybridized carbons (Fsp3) is 0.667. The zero-order chi connectivity index (χ0) is 12.7. The smallest absolute Gasteiger partial charge is 0.252 e. The molecule has 0 aromatic heterocycles. The van der Waals surface area contributed by atoms with E-state index in [1.54, 1.807) is 11.9 Å². The molecule has 0 fully saturated rings. The molecule has 0 spiro atoms. The Bertz CT molecular complexity index is 285. The fourth-order valence-electron chi connectivity index (χ4n) is 0.479. The Labute approximate surface area is 116 Å². The van der Waals surface area contributed by atoms with Gasteiger partial charge in [-0.05, 0) is 18.1 Å². The van der Waals surface area contributed by atoms with Crippen LogP contribution in [0.15, 0.2) is 5.76 Å². The summed E-state index contributed by atoms with van der Waals surface area (Å²) in [7, 11) is -1.99. The third-order valence-electron chi connectivity index (χ3n) is 2.37. The molecule has 0 saturated heterocycles. The van der Waals surface area contributed by atoms with E-state index >= 15 is 0 Å². The van der Waals surface area contributed by atoms with Crippen molar-refractivity contribution in [2.75, 3.05) is 0 Å². The van der Waals surface area contributed by atoms with Crippen molar-refractivity contribution in [3.05, 3.63) is 11.2 Å². The van der Waals surface area contributed by atoms with Gasteiger partial charge in [0.25, 0.3) is 8.32 Å². The molecule has 0 aliphatic rings. The first-order valence-corrected chi connectivity index (χ1v) is 13.4. The van der Waals surface area contributed by atoms with E-state index in [0.29, 0.717) is 0 Å². The van der Waals surface area contributed by atoms with Gasteiger partial charge in [0.15, 0.2) is 0 Å². The van der Waals surface area contributed by atoms with Crippen LogP contribution in [0.3, 0.4) is 0 Å². The van der Waals surface area contributed by atoms with Crippen LogP contribution in [0.5, 0.6) is 0 Å². The molecule has 0 saturated carbocycles. The Morgan fingerprint density at radius 3 is 1.93 bits per heavy atom. The summed E-state index contributed by atoms with van der Waals surface area (Å²) in [4.78, 5) is 0. The van der Waals surface area contributed by atoms with Crippen molar-refractivity contribution in [2.24, 2.45) is 0 Å². The largest absolute Gasteiger partial charge is 0.760 e. The van der Waals surface area contributed by atoms with Gasteiger partial charge < -0.3 is 9.84 Å². The second-order valence-corrected chi connectivity index (χ2v) is 9.14. The molecule has 86 valence electrons. The molecular weight excluding hydrogens is 434 g/mol. The van der Waals surface area contributed by atoms with Crippen LogP contribution in [0.1, 0.15) is 20.8 Å². The van der Waals surface area contributed by atoms with Gasteiger partial charge >= 0.3 is 0 Å². The van der Waals surface area contributed by atoms with E-state index in [1.165, 1.54) is 0 Å². The number of nitrogens with zero attached hydrogens (tertiary/aromatic N) is 2. The second-order valence-electron chi connectivity index (χ2n) is 4.42. The molecule has 0 amide bonds. The molecule has 0 heterocycles. The maximum Gasteiger partial charge on any atom is 0.252 e. The van der Waals surface area contributed by atoms with Crippen molar-refractivity contribution in [3.63, 3.8) is 0 Å². The molecule has 0 unspecified atom stereocenters. The molecule has 6 heteroatoms. The van der Waals surface area contributed by atoms with Crippen LogP contribution in [-0.4, -0.2) is 14.2 Å². The van der Waals surface area contributed by atoms with Gasteiger partial charge in [0.05, 0.1) is 0 Å². The highest BCUT2D eigenvalue weighted by Crippen LogP contribution is 2.37.